The van der Waals surface area contributed by atoms with E-state index in [0.717, 1.165) is 24.5 Å². The summed E-state index contributed by atoms with van der Waals surface area (Å²) in [7, 11) is 2.62. The molecule has 0 N–H and O–H groups in total. The summed E-state index contributed by atoms with van der Waals surface area (Å²) < 4.78 is 17.2. The first-order valence-corrected chi connectivity index (χ1v) is 4.95. The van der Waals surface area contributed by atoms with Gasteiger partial charge in [0.05, 0.1) is 7.11 Å². The molecule has 0 spiro atoms. The lowest BCUT2D eigenvalue weighted by Crippen LogP contribution is -1.89. The van der Waals surface area contributed by atoms with Crippen molar-refractivity contribution in [3.63, 3.8) is 0 Å². The molecule has 0 amide bonds. The molecule has 0 fully saturated rings. The molecule has 0 aliphatic rings. The van der Waals surface area contributed by atoms with E-state index in [1.54, 1.807) is 24.3 Å². The normalized spacial score (nSPS) is 10.9. The Balaban J connectivity index is 2.87. The van der Waals surface area contributed by atoms with Gasteiger partial charge in [0.15, 0.2) is 11.5 Å². The summed E-state index contributed by atoms with van der Waals surface area (Å²) in [4.78, 5) is 10.2. The van der Waals surface area contributed by atoms with Crippen LogP contribution in [0.25, 0.3) is 6.08 Å². The van der Waals surface area contributed by atoms with Crippen LogP contribution in [-0.4, -0.2) is 21.8 Å². The van der Waals surface area contributed by atoms with E-state index in [1.807, 2.05) is 0 Å². The molecule has 1 radical (unpaired) electrons. The topological polar surface area (TPSA) is 35.5 Å². The fraction of sp³-hybridized carbons (Fsp3) is 0.100. The van der Waals surface area contributed by atoms with E-state index in [9.17, 15) is 4.79 Å². The van der Waals surface area contributed by atoms with E-state index < -0.39 is 0 Å². The number of aldehydes is 1. The number of allylic oxidation sites excluding steroid dienone is 1. The average Bonchev–Trinajstić information content (AvgIpc) is 2.34. The van der Waals surface area contributed by atoms with Gasteiger partial charge in [0.2, 0.25) is 7.09 Å². The molecule has 0 aliphatic heterocycles. The van der Waals surface area contributed by atoms with E-state index in [1.165, 1.54) is 13.2 Å². The minimum atomic E-state index is 0.541. The molecule has 77 valence electrons. The molecule has 1 aromatic carbocycles. The second kappa shape index (κ2) is 6.19. The Morgan fingerprint density at radius 2 is 2.40 bits per heavy atom. The quantitative estimate of drug-likeness (QED) is 0.318. The molecular weight excluding hydrogens is 211 g/mol. The smallest absolute Gasteiger partial charge is 0.227 e. The van der Waals surface area contributed by atoms with Crippen molar-refractivity contribution in [1.29, 1.82) is 1.34 Å². The van der Waals surface area contributed by atoms with Crippen LogP contribution in [0, 0.1) is 0 Å². The van der Waals surface area contributed by atoms with Crippen LogP contribution in [0.1, 0.15) is 5.56 Å². The summed E-state index contributed by atoms with van der Waals surface area (Å²) in [5.41, 5.74) is 0.844. The highest BCUT2D eigenvalue weighted by Crippen LogP contribution is 2.30. The maximum atomic E-state index is 10.2. The Morgan fingerprint density at radius 1 is 1.53 bits per heavy atom. The number of benzene rings is 1. The van der Waals surface area contributed by atoms with Crippen LogP contribution in [0.2, 0.25) is 0 Å². The van der Waals surface area contributed by atoms with Crippen molar-refractivity contribution in [2.45, 2.75) is 0 Å². The summed E-state index contributed by atoms with van der Waals surface area (Å²) in [6.07, 6.45) is 3.78. The molecule has 3 nitrogen and oxygen atoms in total. The van der Waals surface area contributed by atoms with Crippen molar-refractivity contribution in [2.24, 2.45) is 0 Å². The molecule has 5 heteroatoms. The van der Waals surface area contributed by atoms with Gasteiger partial charge in [-0.05, 0) is 37.0 Å². The van der Waals surface area contributed by atoms with Crippen LogP contribution in [0.15, 0.2) is 24.3 Å². The van der Waals surface area contributed by atoms with Crippen LogP contribution in [0.5, 0.6) is 11.5 Å². The van der Waals surface area contributed by atoms with Crippen molar-refractivity contribution in [1.82, 2.24) is 0 Å². The van der Waals surface area contributed by atoms with Gasteiger partial charge in [-0.1, -0.05) is 12.1 Å². The monoisotopic (exact) mass is 223 g/mol. The molecule has 0 aromatic heterocycles. The molecule has 15 heavy (non-hydrogen) atoms. The van der Waals surface area contributed by atoms with Crippen LogP contribution in [0.4, 0.5) is 0 Å². The summed E-state index contributed by atoms with van der Waals surface area (Å²) >= 11 is 0.902. The number of hydrogen-bond acceptors (Lipinski definition) is 4. The first-order chi connectivity index (χ1) is 7.81. The van der Waals surface area contributed by atoms with Gasteiger partial charge in [0.25, 0.3) is 0 Å². The molecule has 1 aromatic rings. The summed E-state index contributed by atoms with van der Waals surface area (Å²) in [6, 6.07) is 5.27. The fourth-order valence-corrected chi connectivity index (χ4v) is 1.30. The van der Waals surface area contributed by atoms with Crippen molar-refractivity contribution >= 4 is 31.3 Å². The number of hydrogen-bond donors (Lipinski definition) is 0. The fourth-order valence-electron chi connectivity index (χ4n) is 1.06. The zero-order valence-electron chi connectivity index (χ0n) is 9.17. The van der Waals surface area contributed by atoms with Crippen LogP contribution in [-0.2, 0) is 4.79 Å². The summed E-state index contributed by atoms with van der Waals surface area (Å²) in [5.74, 6) is 1.10. The molecule has 0 atom stereocenters. The molecule has 0 saturated heterocycles. The molecule has 0 aliphatic carbocycles. The number of ether oxygens (including phenoxy) is 1. The number of rotatable bonds is 6. The van der Waals surface area contributed by atoms with Crippen molar-refractivity contribution < 1.29 is 13.7 Å². The Bertz CT molecular complexity index is 384. The average molecular weight is 223 g/mol. The molecule has 0 saturated carbocycles. The van der Waals surface area contributed by atoms with E-state index in [0.29, 0.717) is 17.8 Å². The third-order valence-electron chi connectivity index (χ3n) is 1.69. The van der Waals surface area contributed by atoms with Gasteiger partial charge in [-0.2, -0.15) is 0 Å². The Kier molecular flexibility index (Phi) is 4.20. The van der Waals surface area contributed by atoms with E-state index in [-0.39, 0.29) is 0 Å². The SMILES string of the molecule is [3H][B]SOc1ccc(C=CC=O)cc1OC. The Morgan fingerprint density at radius 3 is 3.07 bits per heavy atom. The molecule has 0 bridgehead atoms. The second-order valence-electron chi connectivity index (χ2n) is 2.59. The van der Waals surface area contributed by atoms with Gasteiger partial charge in [0.1, 0.15) is 6.29 Å². The summed E-state index contributed by atoms with van der Waals surface area (Å²) in [6.45, 7) is 0. The minimum Gasteiger partial charge on any atom is -0.493 e. The standard InChI is InChI=1S/C10H10BO3S/c1-13-10-7-8(3-2-6-12)4-5-9(10)14-15-11/h2-7,11H,1H3/i11T. The van der Waals surface area contributed by atoms with Gasteiger partial charge in [-0.15, -0.1) is 0 Å². The van der Waals surface area contributed by atoms with Gasteiger partial charge in [-0.25, -0.2) is 0 Å². The number of carbonyl (C=O) groups excluding carboxylic acids is 1. The largest absolute Gasteiger partial charge is 0.493 e. The number of methoxy groups -OCH3 is 1. The first-order valence-electron chi connectivity index (χ1n) is 4.73. The van der Waals surface area contributed by atoms with Crippen molar-refractivity contribution in [3.8, 4) is 11.5 Å². The maximum absolute atomic E-state index is 10.2. The minimum absolute atomic E-state index is 0.541. The third kappa shape index (κ3) is 3.36. The molecule has 1 rings (SSSR count). The zero-order chi connectivity index (χ0) is 11.8. The maximum Gasteiger partial charge on any atom is 0.227 e. The Hall–Kier alpha value is -1.36. The van der Waals surface area contributed by atoms with E-state index in [2.05, 4.69) is 0 Å². The third-order valence-corrected chi connectivity index (χ3v) is 1.97. The number of carbonyl (C=O) groups is 1. The highest BCUT2D eigenvalue weighted by Gasteiger charge is 2.03. The van der Waals surface area contributed by atoms with Gasteiger partial charge in [0, 0.05) is 0 Å². The van der Waals surface area contributed by atoms with Crippen molar-refractivity contribution in [2.75, 3.05) is 7.11 Å². The lowest BCUT2D eigenvalue weighted by Gasteiger charge is -2.08. The van der Waals surface area contributed by atoms with E-state index in [4.69, 9.17) is 10.3 Å². The molecular formula is C10H10BO3S. The van der Waals surface area contributed by atoms with Crippen LogP contribution in [0.3, 0.4) is 0 Å². The van der Waals surface area contributed by atoms with Gasteiger partial charge >= 0.3 is 0 Å². The lowest BCUT2D eigenvalue weighted by molar-refractivity contribution is -0.104. The predicted octanol–water partition coefficient (Wildman–Crippen LogP) is 1.75. The first kappa shape index (κ1) is 10.2. The zero-order valence-corrected chi connectivity index (χ0v) is 8.99. The lowest BCUT2D eigenvalue weighted by atomic mass is 10.2. The predicted molar refractivity (Wildman–Crippen MR) is 63.5 cm³/mol. The highest BCUT2D eigenvalue weighted by molar-refractivity contribution is 8.16. The molecule has 0 heterocycles. The van der Waals surface area contributed by atoms with E-state index >= 15 is 0 Å². The Labute approximate surface area is 95.3 Å². The van der Waals surface area contributed by atoms with Gasteiger partial charge in [-0.3, -0.25) is 4.79 Å². The van der Waals surface area contributed by atoms with Crippen LogP contribution >= 0.6 is 11.9 Å². The second-order valence-corrected chi connectivity index (χ2v) is 2.94. The summed E-state index contributed by atoms with van der Waals surface area (Å²) in [5, 5.41) is 0. The highest BCUT2D eigenvalue weighted by atomic mass is 32.2. The van der Waals surface area contributed by atoms with Crippen molar-refractivity contribution in [3.05, 3.63) is 29.8 Å². The van der Waals surface area contributed by atoms with Gasteiger partial charge < -0.3 is 8.92 Å². The van der Waals surface area contributed by atoms with Crippen LogP contribution < -0.4 is 8.92 Å². The molecule has 0 unspecified atom stereocenters.